The van der Waals surface area contributed by atoms with E-state index in [1.807, 2.05) is 6.07 Å². The first-order valence-electron chi connectivity index (χ1n) is 6.13. The van der Waals surface area contributed by atoms with Gasteiger partial charge in [0, 0.05) is 6.54 Å². The monoisotopic (exact) mass is 330 g/mol. The highest BCUT2D eigenvalue weighted by Crippen LogP contribution is 2.25. The number of nitriles is 1. The number of esters is 1. The van der Waals surface area contributed by atoms with Gasteiger partial charge in [-0.05, 0) is 24.6 Å². The Labute approximate surface area is 128 Å². The van der Waals surface area contributed by atoms with Gasteiger partial charge in [0.1, 0.15) is 11.4 Å². The van der Waals surface area contributed by atoms with Crippen LogP contribution in [0.5, 0.6) is 0 Å². The van der Waals surface area contributed by atoms with Crippen LogP contribution in [0.2, 0.25) is 5.02 Å². The van der Waals surface area contributed by atoms with Crippen LogP contribution in [-0.4, -0.2) is 38.9 Å². The summed E-state index contributed by atoms with van der Waals surface area (Å²) in [4.78, 5) is 11.2. The average molecular weight is 331 g/mol. The number of carbonyl (C=O) groups is 1. The van der Waals surface area contributed by atoms with Gasteiger partial charge in [-0.2, -0.15) is 9.57 Å². The first-order chi connectivity index (χ1) is 9.86. The Bertz CT molecular complexity index is 667. The van der Waals surface area contributed by atoms with Crippen molar-refractivity contribution in [3.8, 4) is 6.07 Å². The van der Waals surface area contributed by atoms with Gasteiger partial charge in [0.2, 0.25) is 10.0 Å². The van der Waals surface area contributed by atoms with Crippen LogP contribution in [-0.2, 0) is 19.6 Å². The average Bonchev–Trinajstić information content (AvgIpc) is 2.45. The molecule has 0 aliphatic rings. The summed E-state index contributed by atoms with van der Waals surface area (Å²) < 4.78 is 30.6. The molecule has 1 rings (SSSR count). The molecule has 6 nitrogen and oxygen atoms in total. The molecule has 0 aliphatic heterocycles. The summed E-state index contributed by atoms with van der Waals surface area (Å²) in [5, 5.41) is 8.71. The summed E-state index contributed by atoms with van der Waals surface area (Å²) >= 11 is 5.93. The normalized spacial score (nSPS) is 11.2. The Morgan fingerprint density at radius 1 is 1.48 bits per heavy atom. The molecule has 0 aliphatic carbocycles. The Balaban J connectivity index is 3.23. The minimum absolute atomic E-state index is 0.0555. The van der Waals surface area contributed by atoms with E-state index in [4.69, 9.17) is 16.9 Å². The molecule has 0 heterocycles. The van der Waals surface area contributed by atoms with Crippen molar-refractivity contribution in [3.05, 3.63) is 28.8 Å². The zero-order chi connectivity index (χ0) is 16.0. The van der Waals surface area contributed by atoms with Crippen molar-refractivity contribution in [2.75, 3.05) is 20.2 Å². The Morgan fingerprint density at radius 3 is 2.62 bits per heavy atom. The molecule has 8 heteroatoms. The fourth-order valence-electron chi connectivity index (χ4n) is 1.66. The zero-order valence-electron chi connectivity index (χ0n) is 11.7. The number of nitrogens with zero attached hydrogens (tertiary/aromatic N) is 2. The number of rotatable bonds is 6. The predicted molar refractivity (Wildman–Crippen MR) is 77.2 cm³/mol. The van der Waals surface area contributed by atoms with Gasteiger partial charge in [-0.15, -0.1) is 0 Å². The standard InChI is InChI=1S/C13H15ClN2O4S/c1-3-6-16(9-13(17)20-2)21(18,19)12-5-4-10(8-15)7-11(12)14/h4-5,7H,3,6,9H2,1-2H3. The number of hydrogen-bond donors (Lipinski definition) is 0. The lowest BCUT2D eigenvalue weighted by Crippen LogP contribution is -2.36. The summed E-state index contributed by atoms with van der Waals surface area (Å²) in [5.41, 5.74) is 0.258. The van der Waals surface area contributed by atoms with Crippen LogP contribution < -0.4 is 0 Å². The zero-order valence-corrected chi connectivity index (χ0v) is 13.2. The Kier molecular flexibility index (Phi) is 6.15. The van der Waals surface area contributed by atoms with Crippen LogP contribution >= 0.6 is 11.6 Å². The molecule has 0 radical (unpaired) electrons. The first-order valence-corrected chi connectivity index (χ1v) is 7.95. The number of ether oxygens (including phenoxy) is 1. The number of sulfonamides is 1. The first kappa shape index (κ1) is 17.4. The summed E-state index contributed by atoms with van der Waals surface area (Å²) in [6, 6.07) is 5.77. The maximum atomic E-state index is 12.5. The molecule has 114 valence electrons. The molecule has 0 amide bonds. The van der Waals surface area contributed by atoms with E-state index < -0.39 is 16.0 Å². The number of benzene rings is 1. The van der Waals surface area contributed by atoms with Gasteiger partial charge < -0.3 is 4.74 Å². The maximum Gasteiger partial charge on any atom is 0.321 e. The lowest BCUT2D eigenvalue weighted by molar-refractivity contribution is -0.140. The molecule has 0 saturated heterocycles. The van der Waals surface area contributed by atoms with Crippen molar-refractivity contribution >= 4 is 27.6 Å². The van der Waals surface area contributed by atoms with E-state index >= 15 is 0 Å². The fourth-order valence-corrected chi connectivity index (χ4v) is 3.66. The van der Waals surface area contributed by atoms with E-state index in [-0.39, 0.29) is 28.6 Å². The summed E-state index contributed by atoms with van der Waals surface area (Å²) in [7, 11) is -2.74. The summed E-state index contributed by atoms with van der Waals surface area (Å²) in [5.74, 6) is -0.656. The van der Waals surface area contributed by atoms with Gasteiger partial charge >= 0.3 is 5.97 Å². The van der Waals surface area contributed by atoms with Gasteiger partial charge in [0.15, 0.2) is 0 Å². The molecule has 0 N–H and O–H groups in total. The highest BCUT2D eigenvalue weighted by molar-refractivity contribution is 7.89. The molecular weight excluding hydrogens is 316 g/mol. The second-order valence-electron chi connectivity index (χ2n) is 4.17. The topological polar surface area (TPSA) is 87.5 Å². The van der Waals surface area contributed by atoms with Crippen LogP contribution in [0.3, 0.4) is 0 Å². The van der Waals surface area contributed by atoms with Crippen molar-refractivity contribution in [2.24, 2.45) is 0 Å². The lowest BCUT2D eigenvalue weighted by atomic mass is 10.2. The van der Waals surface area contributed by atoms with E-state index in [9.17, 15) is 13.2 Å². The van der Waals surface area contributed by atoms with Crippen LogP contribution in [0.1, 0.15) is 18.9 Å². The van der Waals surface area contributed by atoms with Crippen molar-refractivity contribution < 1.29 is 17.9 Å². The van der Waals surface area contributed by atoms with E-state index in [0.29, 0.717) is 6.42 Å². The minimum atomic E-state index is -3.93. The van der Waals surface area contributed by atoms with Gasteiger partial charge in [-0.3, -0.25) is 4.79 Å². The fraction of sp³-hybridized carbons (Fsp3) is 0.385. The molecule has 0 fully saturated rings. The summed E-state index contributed by atoms with van der Waals surface area (Å²) in [6.07, 6.45) is 0.532. The van der Waals surface area contributed by atoms with Crippen molar-refractivity contribution in [1.82, 2.24) is 4.31 Å². The van der Waals surface area contributed by atoms with Gasteiger partial charge in [-0.25, -0.2) is 8.42 Å². The predicted octanol–water partition coefficient (Wildman–Crippen LogP) is 1.79. The van der Waals surface area contributed by atoms with E-state index in [1.165, 1.54) is 25.3 Å². The molecule has 0 bridgehead atoms. The van der Waals surface area contributed by atoms with Gasteiger partial charge in [0.05, 0.1) is 23.8 Å². The number of methoxy groups -OCH3 is 1. The second kappa shape index (κ2) is 7.41. The highest BCUT2D eigenvalue weighted by Gasteiger charge is 2.28. The third-order valence-corrected chi connectivity index (χ3v) is 5.01. The van der Waals surface area contributed by atoms with Crippen LogP contribution in [0.4, 0.5) is 0 Å². The number of hydrogen-bond acceptors (Lipinski definition) is 5. The Morgan fingerprint density at radius 2 is 2.14 bits per heavy atom. The highest BCUT2D eigenvalue weighted by atomic mass is 35.5. The largest absolute Gasteiger partial charge is 0.468 e. The van der Waals surface area contributed by atoms with Gasteiger partial charge in [0.25, 0.3) is 0 Å². The van der Waals surface area contributed by atoms with Crippen LogP contribution in [0, 0.1) is 11.3 Å². The third-order valence-electron chi connectivity index (χ3n) is 2.68. The Hall–Kier alpha value is -1.62. The molecule has 0 spiro atoms. The molecule has 1 aromatic rings. The van der Waals surface area contributed by atoms with Crippen molar-refractivity contribution in [1.29, 1.82) is 5.26 Å². The van der Waals surface area contributed by atoms with Crippen LogP contribution in [0.15, 0.2) is 23.1 Å². The molecule has 1 aromatic carbocycles. The third kappa shape index (κ3) is 4.17. The molecule has 0 aromatic heterocycles. The van der Waals surface area contributed by atoms with Crippen molar-refractivity contribution in [3.63, 3.8) is 0 Å². The second-order valence-corrected chi connectivity index (χ2v) is 6.49. The van der Waals surface area contributed by atoms with E-state index in [2.05, 4.69) is 4.74 Å². The number of halogens is 1. The summed E-state index contributed by atoms with van der Waals surface area (Å²) in [6.45, 7) is 1.57. The minimum Gasteiger partial charge on any atom is -0.468 e. The number of carbonyl (C=O) groups excluding carboxylic acids is 1. The molecule has 0 unspecified atom stereocenters. The quantitative estimate of drug-likeness (QED) is 0.742. The molecular formula is C13H15ClN2O4S. The molecule has 21 heavy (non-hydrogen) atoms. The van der Waals surface area contributed by atoms with E-state index in [0.717, 1.165) is 4.31 Å². The van der Waals surface area contributed by atoms with Crippen molar-refractivity contribution in [2.45, 2.75) is 18.2 Å². The smallest absolute Gasteiger partial charge is 0.321 e. The molecule has 0 atom stereocenters. The van der Waals surface area contributed by atoms with Gasteiger partial charge in [-0.1, -0.05) is 18.5 Å². The van der Waals surface area contributed by atoms with E-state index in [1.54, 1.807) is 6.92 Å². The lowest BCUT2D eigenvalue weighted by Gasteiger charge is -2.21. The molecule has 0 saturated carbocycles. The van der Waals surface area contributed by atoms with Crippen LogP contribution in [0.25, 0.3) is 0 Å². The maximum absolute atomic E-state index is 12.5. The SMILES string of the molecule is CCCN(CC(=O)OC)S(=O)(=O)c1ccc(C#N)cc1Cl.